The maximum Gasteiger partial charge on any atom is 0.326 e. The monoisotopic (exact) mass is 496 g/mol. The number of nitrogens with one attached hydrogen (secondary N) is 1. The molecule has 194 valence electrons. The quantitative estimate of drug-likeness (QED) is 0.439. The van der Waals surface area contributed by atoms with Gasteiger partial charge in [0.25, 0.3) is 5.56 Å². The van der Waals surface area contributed by atoms with Crippen LogP contribution in [0.25, 0.3) is 22.4 Å². The van der Waals surface area contributed by atoms with Gasteiger partial charge in [0.05, 0.1) is 35.9 Å². The van der Waals surface area contributed by atoms with Crippen molar-refractivity contribution in [2.24, 2.45) is 7.05 Å². The van der Waals surface area contributed by atoms with E-state index in [0.29, 0.717) is 18.7 Å². The average Bonchev–Trinajstić information content (AvgIpc) is 3.45. The van der Waals surface area contributed by atoms with Gasteiger partial charge < -0.3 is 23.7 Å². The Hall–Kier alpha value is -3.01. The van der Waals surface area contributed by atoms with E-state index < -0.39 is 18.1 Å². The number of hydrogen-bond donors (Lipinski definition) is 2. The molecule has 3 heterocycles. The van der Waals surface area contributed by atoms with Crippen molar-refractivity contribution in [2.45, 2.75) is 78.0 Å². The van der Waals surface area contributed by atoms with Gasteiger partial charge in [-0.25, -0.2) is 4.98 Å². The molecule has 1 aliphatic rings. The van der Waals surface area contributed by atoms with Gasteiger partial charge in [0.15, 0.2) is 0 Å². The number of carbonyl (C=O) groups is 1. The van der Waals surface area contributed by atoms with Gasteiger partial charge in [0, 0.05) is 37.5 Å². The van der Waals surface area contributed by atoms with Crippen molar-refractivity contribution in [2.75, 3.05) is 6.61 Å². The second kappa shape index (κ2) is 10.9. The van der Waals surface area contributed by atoms with Crippen LogP contribution in [0, 0.1) is 6.92 Å². The van der Waals surface area contributed by atoms with Crippen molar-refractivity contribution in [3.8, 4) is 11.4 Å². The Balaban J connectivity index is 1.69. The van der Waals surface area contributed by atoms with Crippen LogP contribution in [0.15, 0.2) is 35.3 Å². The zero-order valence-electron chi connectivity index (χ0n) is 21.7. The Morgan fingerprint density at radius 1 is 1.31 bits per heavy atom. The largest absolute Gasteiger partial charge is 0.462 e. The number of aliphatic hydroxyl groups excluding tert-OH is 1. The lowest BCUT2D eigenvalue weighted by Crippen LogP contribution is -2.46. The van der Waals surface area contributed by atoms with Crippen LogP contribution in [0.1, 0.15) is 44.7 Å². The van der Waals surface area contributed by atoms with Gasteiger partial charge in [-0.05, 0) is 64.3 Å². The molecule has 0 amide bonds. The number of imidazole rings is 1. The molecule has 9 nitrogen and oxygen atoms in total. The SMILES string of the molecule is Cc1cc(-c2nc3ccc(CN[C@H](C(=O)OC(C)C)[C@@H](C)O)cc3n2C[C@@H]2CCCO2)cn(C)c1=O. The van der Waals surface area contributed by atoms with E-state index in [9.17, 15) is 14.7 Å². The van der Waals surface area contributed by atoms with Gasteiger partial charge in [0.1, 0.15) is 11.9 Å². The molecule has 4 rings (SSSR count). The first-order chi connectivity index (χ1) is 17.1. The molecule has 0 aliphatic carbocycles. The molecule has 1 aliphatic heterocycles. The maximum absolute atomic E-state index is 12.4. The van der Waals surface area contributed by atoms with Crippen LogP contribution in [0.3, 0.4) is 0 Å². The molecule has 2 aromatic heterocycles. The van der Waals surface area contributed by atoms with E-state index in [0.717, 1.165) is 47.4 Å². The van der Waals surface area contributed by atoms with Crippen LogP contribution in [0.5, 0.6) is 0 Å². The topological polar surface area (TPSA) is 108 Å². The number of ether oxygens (including phenoxy) is 2. The van der Waals surface area contributed by atoms with Gasteiger partial charge in [-0.1, -0.05) is 6.07 Å². The summed E-state index contributed by atoms with van der Waals surface area (Å²) in [6, 6.07) is 7.02. The highest BCUT2D eigenvalue weighted by atomic mass is 16.5. The second-order valence-corrected chi connectivity index (χ2v) is 9.92. The summed E-state index contributed by atoms with van der Waals surface area (Å²) in [5, 5.41) is 13.3. The summed E-state index contributed by atoms with van der Waals surface area (Å²) in [6.45, 7) is 8.73. The van der Waals surface area contributed by atoms with Crippen LogP contribution >= 0.6 is 0 Å². The van der Waals surface area contributed by atoms with E-state index in [4.69, 9.17) is 14.5 Å². The molecule has 3 atom stereocenters. The number of aliphatic hydroxyl groups is 1. The number of nitrogens with zero attached hydrogens (tertiary/aromatic N) is 3. The second-order valence-electron chi connectivity index (χ2n) is 9.92. The summed E-state index contributed by atoms with van der Waals surface area (Å²) in [5.74, 6) is 0.309. The number of pyridine rings is 1. The molecular weight excluding hydrogens is 460 g/mol. The Kier molecular flexibility index (Phi) is 7.92. The van der Waals surface area contributed by atoms with Crippen LogP contribution < -0.4 is 10.9 Å². The van der Waals surface area contributed by atoms with Gasteiger partial charge in [-0.3, -0.25) is 14.9 Å². The molecule has 0 radical (unpaired) electrons. The zero-order valence-corrected chi connectivity index (χ0v) is 21.7. The number of fused-ring (bicyclic) bond motifs is 1. The summed E-state index contributed by atoms with van der Waals surface area (Å²) < 4.78 is 15.0. The molecule has 1 saturated heterocycles. The normalized spacial score (nSPS) is 17.6. The lowest BCUT2D eigenvalue weighted by molar-refractivity contribution is -0.152. The Morgan fingerprint density at radius 2 is 2.08 bits per heavy atom. The molecule has 0 spiro atoms. The van der Waals surface area contributed by atoms with Gasteiger partial charge >= 0.3 is 5.97 Å². The number of esters is 1. The maximum atomic E-state index is 12.4. The summed E-state index contributed by atoms with van der Waals surface area (Å²) in [4.78, 5) is 29.6. The molecule has 9 heteroatoms. The highest BCUT2D eigenvalue weighted by Gasteiger charge is 2.26. The third kappa shape index (κ3) is 5.69. The van der Waals surface area contributed by atoms with Crippen LogP contribution in [-0.2, 0) is 34.4 Å². The highest BCUT2D eigenvalue weighted by molar-refractivity contribution is 5.81. The molecule has 2 N–H and O–H groups in total. The smallest absolute Gasteiger partial charge is 0.326 e. The van der Waals surface area contributed by atoms with Crippen molar-refractivity contribution < 1.29 is 19.4 Å². The zero-order chi connectivity index (χ0) is 26.0. The number of aryl methyl sites for hydroxylation is 2. The minimum atomic E-state index is -0.899. The summed E-state index contributed by atoms with van der Waals surface area (Å²) in [5.41, 5.74) is 4.23. The van der Waals surface area contributed by atoms with Crippen molar-refractivity contribution in [3.63, 3.8) is 0 Å². The fourth-order valence-corrected chi connectivity index (χ4v) is 4.66. The standard InChI is InChI=1S/C27H36N4O5/c1-16(2)36-27(34)24(18(4)32)28-13-19-8-9-22-23(12-19)31(15-21-7-6-10-35-21)25(29-22)20-11-17(3)26(33)30(5)14-20/h8-9,11-12,14,16,18,21,24,28,32H,6-7,10,13,15H2,1-5H3/t18-,21+,24+/m1/s1. The molecule has 36 heavy (non-hydrogen) atoms. The fourth-order valence-electron chi connectivity index (χ4n) is 4.66. The number of aromatic nitrogens is 3. The Bertz CT molecular complexity index is 1260. The summed E-state index contributed by atoms with van der Waals surface area (Å²) >= 11 is 0. The lowest BCUT2D eigenvalue weighted by Gasteiger charge is -2.21. The van der Waals surface area contributed by atoms with Crippen molar-refractivity contribution in [1.29, 1.82) is 0 Å². The third-order valence-electron chi connectivity index (χ3n) is 6.46. The minimum absolute atomic E-state index is 0.0300. The van der Waals surface area contributed by atoms with Crippen molar-refractivity contribution in [3.05, 3.63) is 51.9 Å². The molecule has 1 aromatic carbocycles. The Morgan fingerprint density at radius 3 is 2.72 bits per heavy atom. The first kappa shape index (κ1) is 26.1. The number of hydrogen-bond acceptors (Lipinski definition) is 7. The molecule has 0 saturated carbocycles. The highest BCUT2D eigenvalue weighted by Crippen LogP contribution is 2.28. The summed E-state index contributed by atoms with van der Waals surface area (Å²) in [7, 11) is 1.75. The van der Waals surface area contributed by atoms with E-state index in [1.807, 2.05) is 31.3 Å². The number of carbonyl (C=O) groups excluding carboxylic acids is 1. The fraction of sp³-hybridized carbons (Fsp3) is 0.519. The van der Waals surface area contributed by atoms with E-state index in [1.165, 1.54) is 0 Å². The number of rotatable bonds is 9. The van der Waals surface area contributed by atoms with Gasteiger partial charge in [-0.15, -0.1) is 0 Å². The summed E-state index contributed by atoms with van der Waals surface area (Å²) in [6.07, 6.45) is 2.78. The first-order valence-electron chi connectivity index (χ1n) is 12.5. The molecular formula is C27H36N4O5. The van der Waals surface area contributed by atoms with Crippen LogP contribution in [0.2, 0.25) is 0 Å². The first-order valence-corrected chi connectivity index (χ1v) is 12.5. The Labute approximate surface area is 211 Å². The minimum Gasteiger partial charge on any atom is -0.462 e. The van der Waals surface area contributed by atoms with E-state index in [2.05, 4.69) is 16.0 Å². The van der Waals surface area contributed by atoms with Crippen LogP contribution in [0.4, 0.5) is 0 Å². The predicted octanol–water partition coefficient (Wildman–Crippen LogP) is 2.68. The average molecular weight is 497 g/mol. The van der Waals surface area contributed by atoms with Gasteiger partial charge in [0.2, 0.25) is 0 Å². The van der Waals surface area contributed by atoms with Gasteiger partial charge in [-0.2, -0.15) is 0 Å². The molecule has 0 unspecified atom stereocenters. The van der Waals surface area contributed by atoms with E-state index >= 15 is 0 Å². The molecule has 0 bridgehead atoms. The van der Waals surface area contributed by atoms with Crippen LogP contribution in [-0.4, -0.2) is 56.2 Å². The van der Waals surface area contributed by atoms with E-state index in [1.54, 1.807) is 32.4 Å². The number of benzene rings is 1. The van der Waals surface area contributed by atoms with Crippen molar-refractivity contribution >= 4 is 17.0 Å². The lowest BCUT2D eigenvalue weighted by atomic mass is 10.1. The predicted molar refractivity (Wildman–Crippen MR) is 138 cm³/mol. The molecule has 1 fully saturated rings. The molecule has 3 aromatic rings. The van der Waals surface area contributed by atoms with E-state index in [-0.39, 0.29) is 17.8 Å². The third-order valence-corrected chi connectivity index (χ3v) is 6.46. The van der Waals surface area contributed by atoms with Crippen molar-refractivity contribution in [1.82, 2.24) is 19.4 Å².